The van der Waals surface area contributed by atoms with Gasteiger partial charge in [-0.2, -0.15) is 0 Å². The van der Waals surface area contributed by atoms with Crippen molar-refractivity contribution in [3.8, 4) is 0 Å². The Labute approximate surface area is 158 Å². The van der Waals surface area contributed by atoms with E-state index in [1.165, 1.54) is 0 Å². The highest BCUT2D eigenvalue weighted by Gasteiger charge is 2.34. The molecule has 0 aromatic heterocycles. The van der Waals surface area contributed by atoms with Crippen molar-refractivity contribution in [2.24, 2.45) is 0 Å². The van der Waals surface area contributed by atoms with E-state index < -0.39 is 0 Å². The van der Waals surface area contributed by atoms with Crippen LogP contribution in [0.3, 0.4) is 0 Å². The first-order valence-corrected chi connectivity index (χ1v) is 9.00. The van der Waals surface area contributed by atoms with E-state index in [-0.39, 0.29) is 30.7 Å². The number of amides is 3. The number of hydrogen-bond donors (Lipinski definition) is 1. The van der Waals surface area contributed by atoms with Crippen LogP contribution >= 0.6 is 0 Å². The molecule has 3 rings (SSSR count). The quantitative estimate of drug-likeness (QED) is 0.546. The molecule has 6 heteroatoms. The molecule has 1 aliphatic rings. The van der Waals surface area contributed by atoms with Gasteiger partial charge in [0.15, 0.2) is 0 Å². The van der Waals surface area contributed by atoms with E-state index in [1.807, 2.05) is 30.3 Å². The molecule has 1 aliphatic heterocycles. The molecule has 0 fully saturated rings. The van der Waals surface area contributed by atoms with E-state index in [0.29, 0.717) is 37.3 Å². The number of carbonyl (C=O) groups excluding carboxylic acids is 3. The third-order valence-electron chi connectivity index (χ3n) is 4.34. The SMILES string of the molecule is O=C(CCN1C(=O)c2ccccc2C1=O)NCCCOCc1ccccc1. The van der Waals surface area contributed by atoms with Crippen molar-refractivity contribution in [2.75, 3.05) is 19.7 Å². The molecule has 0 spiro atoms. The number of nitrogens with zero attached hydrogens (tertiary/aromatic N) is 1. The number of imide groups is 1. The summed E-state index contributed by atoms with van der Waals surface area (Å²) in [5.41, 5.74) is 1.92. The molecule has 0 saturated carbocycles. The fraction of sp³-hybridized carbons (Fsp3) is 0.286. The molecular weight excluding hydrogens is 344 g/mol. The van der Waals surface area contributed by atoms with Crippen molar-refractivity contribution in [3.05, 3.63) is 71.3 Å². The second kappa shape index (κ2) is 9.09. The van der Waals surface area contributed by atoms with Gasteiger partial charge in [-0.05, 0) is 24.1 Å². The zero-order valence-electron chi connectivity index (χ0n) is 15.0. The average Bonchev–Trinajstić information content (AvgIpc) is 2.94. The summed E-state index contributed by atoms with van der Waals surface area (Å²) in [6.45, 7) is 1.68. The van der Waals surface area contributed by atoms with Gasteiger partial charge in [0.05, 0.1) is 17.7 Å². The number of fused-ring (bicyclic) bond motifs is 1. The highest BCUT2D eigenvalue weighted by Crippen LogP contribution is 2.22. The summed E-state index contributed by atoms with van der Waals surface area (Å²) in [5.74, 6) is -0.856. The molecule has 1 N–H and O–H groups in total. The zero-order valence-corrected chi connectivity index (χ0v) is 15.0. The number of hydrogen-bond acceptors (Lipinski definition) is 4. The minimum atomic E-state index is -0.335. The summed E-state index contributed by atoms with van der Waals surface area (Å²) in [4.78, 5) is 37.5. The number of carbonyl (C=O) groups is 3. The molecule has 3 amide bonds. The van der Waals surface area contributed by atoms with Gasteiger partial charge in [-0.3, -0.25) is 19.3 Å². The van der Waals surface area contributed by atoms with Gasteiger partial charge in [0.2, 0.25) is 5.91 Å². The zero-order chi connectivity index (χ0) is 19.1. The molecule has 0 unspecified atom stereocenters. The smallest absolute Gasteiger partial charge is 0.261 e. The Bertz CT molecular complexity index is 785. The minimum absolute atomic E-state index is 0.0860. The van der Waals surface area contributed by atoms with Gasteiger partial charge < -0.3 is 10.1 Å². The molecule has 0 saturated heterocycles. The monoisotopic (exact) mass is 366 g/mol. The lowest BCUT2D eigenvalue weighted by Gasteiger charge is -2.13. The second-order valence-electron chi connectivity index (χ2n) is 6.30. The van der Waals surface area contributed by atoms with E-state index >= 15 is 0 Å². The predicted molar refractivity (Wildman–Crippen MR) is 100 cm³/mol. The van der Waals surface area contributed by atoms with Crippen LogP contribution in [-0.2, 0) is 16.1 Å². The van der Waals surface area contributed by atoms with Crippen LogP contribution in [0.2, 0.25) is 0 Å². The molecule has 140 valence electrons. The summed E-state index contributed by atoms with van der Waals surface area (Å²) >= 11 is 0. The maximum atomic E-state index is 12.2. The lowest BCUT2D eigenvalue weighted by molar-refractivity contribution is -0.121. The Morgan fingerprint density at radius 1 is 0.926 bits per heavy atom. The number of nitrogens with one attached hydrogen (secondary N) is 1. The van der Waals surface area contributed by atoms with E-state index in [9.17, 15) is 14.4 Å². The normalized spacial score (nSPS) is 13.0. The Morgan fingerprint density at radius 3 is 2.22 bits per heavy atom. The van der Waals surface area contributed by atoms with E-state index in [1.54, 1.807) is 24.3 Å². The molecule has 1 heterocycles. The Hall–Kier alpha value is -2.99. The molecule has 27 heavy (non-hydrogen) atoms. The van der Waals surface area contributed by atoms with Crippen LogP contribution in [0.4, 0.5) is 0 Å². The predicted octanol–water partition coefficient (Wildman–Crippen LogP) is 2.40. The van der Waals surface area contributed by atoms with Crippen LogP contribution in [0.1, 0.15) is 39.1 Å². The van der Waals surface area contributed by atoms with Crippen molar-refractivity contribution in [1.82, 2.24) is 10.2 Å². The van der Waals surface area contributed by atoms with Crippen molar-refractivity contribution in [2.45, 2.75) is 19.4 Å². The Morgan fingerprint density at radius 2 is 1.56 bits per heavy atom. The summed E-state index contributed by atoms with van der Waals surface area (Å²) in [5, 5.41) is 2.79. The fourth-order valence-corrected chi connectivity index (χ4v) is 2.91. The molecule has 0 bridgehead atoms. The van der Waals surface area contributed by atoms with Crippen LogP contribution in [0.15, 0.2) is 54.6 Å². The topological polar surface area (TPSA) is 75.7 Å². The summed E-state index contributed by atoms with van der Waals surface area (Å²) in [6, 6.07) is 16.6. The molecule has 2 aromatic rings. The van der Waals surface area contributed by atoms with Crippen LogP contribution in [0, 0.1) is 0 Å². The standard InChI is InChI=1S/C21H22N2O4/c24-19(22-12-6-14-27-15-16-7-2-1-3-8-16)11-13-23-20(25)17-9-4-5-10-18(17)21(23)26/h1-5,7-10H,6,11-15H2,(H,22,24). The molecule has 0 atom stereocenters. The Kier molecular flexibility index (Phi) is 6.33. The van der Waals surface area contributed by atoms with Crippen LogP contribution < -0.4 is 5.32 Å². The van der Waals surface area contributed by atoms with Gasteiger partial charge in [-0.25, -0.2) is 0 Å². The average molecular weight is 366 g/mol. The van der Waals surface area contributed by atoms with Gasteiger partial charge >= 0.3 is 0 Å². The van der Waals surface area contributed by atoms with E-state index in [2.05, 4.69) is 5.32 Å². The minimum Gasteiger partial charge on any atom is -0.377 e. The van der Waals surface area contributed by atoms with Gasteiger partial charge in [0.1, 0.15) is 0 Å². The summed E-state index contributed by atoms with van der Waals surface area (Å²) < 4.78 is 5.56. The molecule has 2 aromatic carbocycles. The van der Waals surface area contributed by atoms with Crippen LogP contribution in [0.5, 0.6) is 0 Å². The van der Waals surface area contributed by atoms with E-state index in [0.717, 1.165) is 10.5 Å². The summed E-state index contributed by atoms with van der Waals surface area (Å²) in [6.07, 6.45) is 0.794. The second-order valence-corrected chi connectivity index (χ2v) is 6.30. The van der Waals surface area contributed by atoms with Crippen LogP contribution in [0.25, 0.3) is 0 Å². The lowest BCUT2D eigenvalue weighted by Crippen LogP contribution is -2.35. The largest absolute Gasteiger partial charge is 0.377 e. The third-order valence-corrected chi connectivity index (χ3v) is 4.34. The first-order chi connectivity index (χ1) is 13.2. The maximum absolute atomic E-state index is 12.2. The third kappa shape index (κ3) is 4.80. The highest BCUT2D eigenvalue weighted by molar-refractivity contribution is 6.21. The van der Waals surface area contributed by atoms with Crippen molar-refractivity contribution < 1.29 is 19.1 Å². The van der Waals surface area contributed by atoms with Gasteiger partial charge in [0, 0.05) is 26.1 Å². The number of ether oxygens (including phenoxy) is 1. The molecular formula is C21H22N2O4. The van der Waals surface area contributed by atoms with Gasteiger partial charge in [-0.15, -0.1) is 0 Å². The Balaban J connectivity index is 1.31. The molecule has 6 nitrogen and oxygen atoms in total. The van der Waals surface area contributed by atoms with Crippen molar-refractivity contribution >= 4 is 17.7 Å². The lowest BCUT2D eigenvalue weighted by atomic mass is 10.1. The molecule has 0 radical (unpaired) electrons. The highest BCUT2D eigenvalue weighted by atomic mass is 16.5. The maximum Gasteiger partial charge on any atom is 0.261 e. The van der Waals surface area contributed by atoms with Crippen LogP contribution in [-0.4, -0.2) is 42.3 Å². The van der Waals surface area contributed by atoms with E-state index in [4.69, 9.17) is 4.74 Å². The molecule has 0 aliphatic carbocycles. The first-order valence-electron chi connectivity index (χ1n) is 9.00. The van der Waals surface area contributed by atoms with Crippen molar-refractivity contribution in [1.29, 1.82) is 0 Å². The number of rotatable bonds is 9. The summed E-state index contributed by atoms with van der Waals surface area (Å²) in [7, 11) is 0. The number of benzene rings is 2. The fourth-order valence-electron chi connectivity index (χ4n) is 2.91. The van der Waals surface area contributed by atoms with Gasteiger partial charge in [0.25, 0.3) is 11.8 Å². The van der Waals surface area contributed by atoms with Crippen molar-refractivity contribution in [3.63, 3.8) is 0 Å². The first kappa shape index (κ1) is 18.8. The van der Waals surface area contributed by atoms with Gasteiger partial charge in [-0.1, -0.05) is 42.5 Å².